The minimum absolute atomic E-state index is 0.169. The Morgan fingerprint density at radius 1 is 1.78 bits per heavy atom. The summed E-state index contributed by atoms with van der Waals surface area (Å²) in [6.07, 6.45) is 0.169. The lowest BCUT2D eigenvalue weighted by molar-refractivity contribution is 0.423. The summed E-state index contributed by atoms with van der Waals surface area (Å²) in [5.41, 5.74) is 0. The number of hydrogen-bond donors (Lipinski definition) is 2. The first-order valence-electron chi connectivity index (χ1n) is 4.79. The standard InChI is InChI=1S/C6H11N3/c7-2-1-6-5-8-3-4-9-6/h6,8-9H,1,3-5H2/i3D2,4D2. The summed E-state index contributed by atoms with van der Waals surface area (Å²) >= 11 is 0. The molecule has 0 aromatic carbocycles. The fourth-order valence-corrected chi connectivity index (χ4v) is 0.641. The second kappa shape index (κ2) is 3.44. The fourth-order valence-electron chi connectivity index (χ4n) is 0.641. The van der Waals surface area contributed by atoms with Gasteiger partial charge in [0.2, 0.25) is 0 Å². The zero-order valence-electron chi connectivity index (χ0n) is 8.94. The molecule has 0 aromatic heterocycles. The molecule has 0 bridgehead atoms. The smallest absolute Gasteiger partial charge is 0.0638 e. The Labute approximate surface area is 60.7 Å². The number of nitrogens with one attached hydrogen (secondary N) is 2. The van der Waals surface area contributed by atoms with Crippen LogP contribution in [0.5, 0.6) is 0 Å². The fraction of sp³-hybridized carbons (Fsp3) is 0.833. The summed E-state index contributed by atoms with van der Waals surface area (Å²) in [5.74, 6) is 0. The highest BCUT2D eigenvalue weighted by Gasteiger charge is 2.09. The first kappa shape index (κ1) is 3.00. The van der Waals surface area contributed by atoms with Gasteiger partial charge in [-0.25, -0.2) is 0 Å². The van der Waals surface area contributed by atoms with Crippen molar-refractivity contribution in [1.29, 1.82) is 5.26 Å². The summed E-state index contributed by atoms with van der Waals surface area (Å²) < 4.78 is 29.3. The molecule has 50 valence electrons. The molecule has 1 atom stereocenters. The summed E-state index contributed by atoms with van der Waals surface area (Å²) in [7, 11) is 0. The minimum Gasteiger partial charge on any atom is -0.314 e. The SMILES string of the molecule is [2H]C1([2H])NCC(CC#N)NC1([2H])[2H]. The van der Waals surface area contributed by atoms with E-state index < -0.39 is 13.0 Å². The van der Waals surface area contributed by atoms with E-state index in [1.165, 1.54) is 0 Å². The third-order valence-electron chi connectivity index (χ3n) is 1.11. The van der Waals surface area contributed by atoms with E-state index in [0.717, 1.165) is 0 Å². The van der Waals surface area contributed by atoms with E-state index in [1.54, 1.807) is 0 Å². The topological polar surface area (TPSA) is 47.9 Å². The van der Waals surface area contributed by atoms with Crippen LogP contribution >= 0.6 is 0 Å². The Balaban J connectivity index is 2.66. The Hall–Kier alpha value is -0.590. The monoisotopic (exact) mass is 129 g/mol. The lowest BCUT2D eigenvalue weighted by Gasteiger charge is -2.21. The van der Waals surface area contributed by atoms with Gasteiger partial charge in [-0.05, 0) is 0 Å². The molecule has 1 unspecified atom stereocenters. The maximum atomic E-state index is 8.38. The predicted octanol–water partition coefficient (Wildman–Crippen LogP) is -0.539. The molecule has 0 radical (unpaired) electrons. The van der Waals surface area contributed by atoms with E-state index in [4.69, 9.17) is 10.7 Å². The highest BCUT2D eigenvalue weighted by Crippen LogP contribution is 1.90. The summed E-state index contributed by atoms with van der Waals surface area (Å²) in [6.45, 7) is -3.95. The van der Waals surface area contributed by atoms with E-state index in [1.807, 2.05) is 6.07 Å². The molecule has 2 N–H and O–H groups in total. The molecule has 0 aliphatic carbocycles. The molecule has 0 amide bonds. The molecule has 3 heteroatoms. The van der Waals surface area contributed by atoms with Gasteiger partial charge in [0.05, 0.1) is 12.5 Å². The van der Waals surface area contributed by atoms with Crippen molar-refractivity contribution >= 4 is 0 Å². The van der Waals surface area contributed by atoms with E-state index >= 15 is 0 Å². The Morgan fingerprint density at radius 2 is 2.67 bits per heavy atom. The highest BCUT2D eigenvalue weighted by atomic mass is 15.0. The van der Waals surface area contributed by atoms with Crippen LogP contribution in [0.2, 0.25) is 0 Å². The lowest BCUT2D eigenvalue weighted by Crippen LogP contribution is -2.47. The lowest BCUT2D eigenvalue weighted by atomic mass is 10.2. The van der Waals surface area contributed by atoms with Crippen molar-refractivity contribution in [1.82, 2.24) is 10.6 Å². The van der Waals surface area contributed by atoms with E-state index in [9.17, 15) is 0 Å². The van der Waals surface area contributed by atoms with Crippen LogP contribution in [0.25, 0.3) is 0 Å². The predicted molar refractivity (Wildman–Crippen MR) is 34.9 cm³/mol. The molecule has 3 nitrogen and oxygen atoms in total. The van der Waals surface area contributed by atoms with Crippen molar-refractivity contribution in [2.24, 2.45) is 0 Å². The Kier molecular flexibility index (Phi) is 1.15. The van der Waals surface area contributed by atoms with E-state index in [0.29, 0.717) is 0 Å². The van der Waals surface area contributed by atoms with Crippen molar-refractivity contribution in [2.75, 3.05) is 19.5 Å². The Bertz CT molecular complexity index is 235. The first-order valence-corrected chi connectivity index (χ1v) is 2.79. The van der Waals surface area contributed by atoms with Gasteiger partial charge in [-0.2, -0.15) is 5.26 Å². The average molecular weight is 129 g/mol. The van der Waals surface area contributed by atoms with Gasteiger partial charge in [-0.3, -0.25) is 0 Å². The van der Waals surface area contributed by atoms with Crippen molar-refractivity contribution in [3.63, 3.8) is 0 Å². The second-order valence-electron chi connectivity index (χ2n) is 1.83. The number of nitrogens with zero attached hydrogens (tertiary/aromatic N) is 1. The quantitative estimate of drug-likeness (QED) is 0.500. The van der Waals surface area contributed by atoms with Crippen molar-refractivity contribution in [3.8, 4) is 6.07 Å². The van der Waals surface area contributed by atoms with Crippen LogP contribution < -0.4 is 10.6 Å². The number of rotatable bonds is 1. The molecule has 1 fully saturated rings. The Morgan fingerprint density at radius 3 is 3.33 bits per heavy atom. The van der Waals surface area contributed by atoms with Gasteiger partial charge < -0.3 is 10.6 Å². The molecule has 1 saturated heterocycles. The van der Waals surface area contributed by atoms with Crippen LogP contribution in [0.1, 0.15) is 11.9 Å². The summed E-state index contributed by atoms with van der Waals surface area (Å²) in [4.78, 5) is 0. The summed E-state index contributed by atoms with van der Waals surface area (Å²) in [5, 5.41) is 13.3. The van der Waals surface area contributed by atoms with Crippen LogP contribution in [0.15, 0.2) is 0 Å². The zero-order chi connectivity index (χ0) is 10.1. The number of nitriles is 1. The van der Waals surface area contributed by atoms with Crippen molar-refractivity contribution in [2.45, 2.75) is 12.5 Å². The molecule has 0 spiro atoms. The van der Waals surface area contributed by atoms with Gasteiger partial charge in [-0.15, -0.1) is 0 Å². The molecule has 1 aliphatic rings. The molecule has 9 heavy (non-hydrogen) atoms. The maximum absolute atomic E-state index is 8.38. The number of piperazine rings is 1. The van der Waals surface area contributed by atoms with Crippen LogP contribution in [-0.2, 0) is 0 Å². The number of hydrogen-bond acceptors (Lipinski definition) is 3. The van der Waals surface area contributed by atoms with Gasteiger partial charge in [0, 0.05) is 31.1 Å². The third kappa shape index (κ3) is 2.00. The van der Waals surface area contributed by atoms with Gasteiger partial charge in [-0.1, -0.05) is 0 Å². The van der Waals surface area contributed by atoms with Gasteiger partial charge >= 0.3 is 0 Å². The van der Waals surface area contributed by atoms with Gasteiger partial charge in [0.1, 0.15) is 0 Å². The van der Waals surface area contributed by atoms with Gasteiger partial charge in [0.25, 0.3) is 0 Å². The van der Waals surface area contributed by atoms with E-state index in [-0.39, 0.29) is 19.0 Å². The minimum atomic E-state index is -2.13. The molecular formula is C6H11N3. The molecule has 0 saturated carbocycles. The highest BCUT2D eigenvalue weighted by molar-refractivity contribution is 4.84. The van der Waals surface area contributed by atoms with Crippen molar-refractivity contribution < 1.29 is 5.48 Å². The molecule has 1 aliphatic heterocycles. The maximum Gasteiger partial charge on any atom is 0.0638 e. The molecule has 1 heterocycles. The molecule has 0 aromatic rings. The second-order valence-corrected chi connectivity index (χ2v) is 1.83. The van der Waals surface area contributed by atoms with Crippen LogP contribution in [0.4, 0.5) is 0 Å². The normalized spacial score (nSPS) is 45.0. The first-order chi connectivity index (χ1) is 5.89. The van der Waals surface area contributed by atoms with Crippen LogP contribution in [0, 0.1) is 11.3 Å². The molecule has 1 rings (SSSR count). The summed E-state index contributed by atoms with van der Waals surface area (Å²) in [6, 6.07) is 1.58. The average Bonchev–Trinajstić information content (AvgIpc) is 1.98. The molecular weight excluding hydrogens is 114 g/mol. The van der Waals surface area contributed by atoms with E-state index in [2.05, 4.69) is 10.6 Å². The van der Waals surface area contributed by atoms with Crippen molar-refractivity contribution in [3.05, 3.63) is 0 Å². The van der Waals surface area contributed by atoms with Gasteiger partial charge in [0.15, 0.2) is 0 Å². The zero-order valence-corrected chi connectivity index (χ0v) is 4.94. The third-order valence-corrected chi connectivity index (χ3v) is 1.11. The van der Waals surface area contributed by atoms with Crippen LogP contribution in [-0.4, -0.2) is 25.6 Å². The van der Waals surface area contributed by atoms with Crippen LogP contribution in [0.3, 0.4) is 0 Å². The largest absolute Gasteiger partial charge is 0.314 e.